The van der Waals surface area contributed by atoms with Crippen molar-refractivity contribution in [2.45, 2.75) is 31.7 Å². The largest absolute Gasteiger partial charge is 0.361 e. The average molecular weight is 240 g/mol. The molecule has 18 heavy (non-hydrogen) atoms. The lowest BCUT2D eigenvalue weighted by Crippen LogP contribution is -2.47. The molecule has 1 aliphatic carbocycles. The van der Waals surface area contributed by atoms with Crippen molar-refractivity contribution in [1.82, 2.24) is 9.88 Å². The molecule has 1 aliphatic heterocycles. The number of piperidine rings is 1. The van der Waals surface area contributed by atoms with Gasteiger partial charge in [0.1, 0.15) is 0 Å². The van der Waals surface area contributed by atoms with Gasteiger partial charge in [-0.05, 0) is 43.0 Å². The third kappa shape index (κ3) is 1.33. The van der Waals surface area contributed by atoms with Crippen molar-refractivity contribution in [2.24, 2.45) is 5.92 Å². The molecular weight excluding hydrogens is 220 g/mol. The SMILES string of the molecule is C[C@@H]1C[C@@H]2c3cccc4[nH]cc(c34)C[C@H]2N(C)C1. The van der Waals surface area contributed by atoms with Crippen molar-refractivity contribution in [3.63, 3.8) is 0 Å². The van der Waals surface area contributed by atoms with Crippen LogP contribution in [-0.2, 0) is 6.42 Å². The van der Waals surface area contributed by atoms with Gasteiger partial charge in [0.05, 0.1) is 0 Å². The third-order valence-electron chi connectivity index (χ3n) is 4.93. The van der Waals surface area contributed by atoms with Crippen LogP contribution in [0, 0.1) is 5.92 Å². The lowest BCUT2D eigenvalue weighted by molar-refractivity contribution is 0.119. The van der Waals surface area contributed by atoms with Crippen LogP contribution in [0.25, 0.3) is 10.9 Å². The highest BCUT2D eigenvalue weighted by atomic mass is 15.1. The second-order valence-corrected chi connectivity index (χ2v) is 6.24. The van der Waals surface area contributed by atoms with Crippen LogP contribution in [0.4, 0.5) is 0 Å². The Hall–Kier alpha value is -1.28. The van der Waals surface area contributed by atoms with Crippen molar-refractivity contribution < 1.29 is 0 Å². The molecule has 1 saturated heterocycles. The summed E-state index contributed by atoms with van der Waals surface area (Å²) in [7, 11) is 2.30. The highest BCUT2D eigenvalue weighted by molar-refractivity contribution is 5.88. The van der Waals surface area contributed by atoms with Crippen LogP contribution in [-0.4, -0.2) is 29.5 Å². The van der Waals surface area contributed by atoms with Gasteiger partial charge in [0.15, 0.2) is 0 Å². The summed E-state index contributed by atoms with van der Waals surface area (Å²) in [6.07, 6.45) is 4.78. The minimum Gasteiger partial charge on any atom is -0.361 e. The first-order valence-corrected chi connectivity index (χ1v) is 7.03. The Bertz CT molecular complexity index is 598. The van der Waals surface area contributed by atoms with Crippen molar-refractivity contribution >= 4 is 10.9 Å². The van der Waals surface area contributed by atoms with Crippen LogP contribution in [0.15, 0.2) is 24.4 Å². The van der Waals surface area contributed by atoms with E-state index in [4.69, 9.17) is 0 Å². The Kier molecular flexibility index (Phi) is 2.13. The van der Waals surface area contributed by atoms with E-state index >= 15 is 0 Å². The van der Waals surface area contributed by atoms with Crippen molar-refractivity contribution in [2.75, 3.05) is 13.6 Å². The van der Waals surface area contributed by atoms with Crippen molar-refractivity contribution in [3.8, 4) is 0 Å². The van der Waals surface area contributed by atoms with E-state index in [0.29, 0.717) is 6.04 Å². The molecule has 1 aromatic carbocycles. The maximum atomic E-state index is 3.44. The van der Waals surface area contributed by atoms with Crippen LogP contribution in [0.3, 0.4) is 0 Å². The topological polar surface area (TPSA) is 19.0 Å². The lowest BCUT2D eigenvalue weighted by atomic mass is 9.73. The summed E-state index contributed by atoms with van der Waals surface area (Å²) in [5, 5.41) is 1.52. The normalized spacial score (nSPS) is 31.6. The standard InChI is InChI=1S/C16H20N2/c1-10-6-13-12-4-3-5-14-16(12)11(8-17-14)7-15(13)18(2)9-10/h3-5,8,10,13,15,17H,6-7,9H2,1-2H3/t10-,13-,15-/m1/s1. The maximum absolute atomic E-state index is 3.44. The van der Waals surface area contributed by atoms with Gasteiger partial charge < -0.3 is 9.88 Å². The highest BCUT2D eigenvalue weighted by Crippen LogP contribution is 2.43. The average Bonchev–Trinajstić information content (AvgIpc) is 2.76. The molecule has 2 aromatic rings. The number of benzene rings is 1. The molecule has 1 fully saturated rings. The number of aromatic amines is 1. The van der Waals surface area contributed by atoms with Gasteiger partial charge in [-0.3, -0.25) is 0 Å². The first-order valence-electron chi connectivity index (χ1n) is 7.03. The predicted molar refractivity (Wildman–Crippen MR) is 74.9 cm³/mol. The summed E-state index contributed by atoms with van der Waals surface area (Å²) in [6.45, 7) is 3.64. The third-order valence-corrected chi connectivity index (χ3v) is 4.93. The van der Waals surface area contributed by atoms with Gasteiger partial charge >= 0.3 is 0 Å². The Balaban J connectivity index is 1.92. The molecule has 0 radical (unpaired) electrons. The second kappa shape index (κ2) is 3.61. The number of nitrogens with one attached hydrogen (secondary N) is 1. The molecule has 2 nitrogen and oxygen atoms in total. The van der Waals surface area contributed by atoms with Gasteiger partial charge in [0.25, 0.3) is 0 Å². The molecule has 0 unspecified atom stereocenters. The Morgan fingerprint density at radius 1 is 1.33 bits per heavy atom. The molecule has 2 heteroatoms. The summed E-state index contributed by atoms with van der Waals surface area (Å²) in [5.74, 6) is 1.54. The van der Waals surface area contributed by atoms with Gasteiger partial charge in [0.2, 0.25) is 0 Å². The molecule has 2 aliphatic rings. The Morgan fingerprint density at radius 2 is 2.22 bits per heavy atom. The van der Waals surface area contributed by atoms with Gasteiger partial charge in [-0.15, -0.1) is 0 Å². The number of nitrogens with zero attached hydrogens (tertiary/aromatic N) is 1. The number of fused-ring (bicyclic) bond motifs is 2. The number of likely N-dealkylation sites (tertiary alicyclic amines) is 1. The van der Waals surface area contributed by atoms with E-state index in [1.165, 1.54) is 35.9 Å². The van der Waals surface area contributed by atoms with E-state index in [1.54, 1.807) is 5.56 Å². The quantitative estimate of drug-likeness (QED) is 0.749. The van der Waals surface area contributed by atoms with E-state index in [9.17, 15) is 0 Å². The first kappa shape index (κ1) is 10.6. The van der Waals surface area contributed by atoms with Gasteiger partial charge in [0, 0.05) is 35.6 Å². The highest BCUT2D eigenvalue weighted by Gasteiger charge is 2.37. The van der Waals surface area contributed by atoms with Crippen LogP contribution < -0.4 is 0 Å². The molecule has 0 saturated carbocycles. The first-order chi connectivity index (χ1) is 8.74. The number of hydrogen-bond donors (Lipinski definition) is 1. The number of H-pyrrole nitrogens is 1. The monoisotopic (exact) mass is 240 g/mol. The lowest BCUT2D eigenvalue weighted by Gasteiger charge is -2.44. The molecule has 2 heterocycles. The molecular formula is C16H20N2. The summed E-state index contributed by atoms with van der Waals surface area (Å²) in [5.41, 5.74) is 4.42. The smallest absolute Gasteiger partial charge is 0.0459 e. The molecule has 4 rings (SSSR count). The number of likely N-dealkylation sites (N-methyl/N-ethyl adjacent to an activating group) is 1. The zero-order chi connectivity index (χ0) is 12.3. The van der Waals surface area contributed by atoms with Gasteiger partial charge in [-0.2, -0.15) is 0 Å². The fraction of sp³-hybridized carbons (Fsp3) is 0.500. The van der Waals surface area contributed by atoms with E-state index in [0.717, 1.165) is 11.8 Å². The Labute approximate surface area is 108 Å². The fourth-order valence-electron chi connectivity index (χ4n) is 4.21. The van der Waals surface area contributed by atoms with Crippen molar-refractivity contribution in [1.29, 1.82) is 0 Å². The van der Waals surface area contributed by atoms with Crippen LogP contribution in [0.2, 0.25) is 0 Å². The van der Waals surface area contributed by atoms with Crippen LogP contribution in [0.1, 0.15) is 30.4 Å². The molecule has 1 N–H and O–H groups in total. The zero-order valence-electron chi connectivity index (χ0n) is 11.1. The van der Waals surface area contributed by atoms with E-state index in [-0.39, 0.29) is 0 Å². The molecule has 1 aromatic heterocycles. The molecule has 94 valence electrons. The van der Waals surface area contributed by atoms with Gasteiger partial charge in [-0.1, -0.05) is 19.1 Å². The minimum atomic E-state index is 0.704. The van der Waals surface area contributed by atoms with Crippen LogP contribution >= 0.6 is 0 Å². The zero-order valence-corrected chi connectivity index (χ0v) is 11.1. The van der Waals surface area contributed by atoms with Crippen molar-refractivity contribution in [3.05, 3.63) is 35.5 Å². The van der Waals surface area contributed by atoms with E-state index < -0.39 is 0 Å². The summed E-state index contributed by atoms with van der Waals surface area (Å²) in [4.78, 5) is 6.01. The number of aromatic nitrogens is 1. The number of hydrogen-bond acceptors (Lipinski definition) is 1. The summed E-state index contributed by atoms with van der Waals surface area (Å²) in [6, 6.07) is 7.47. The Morgan fingerprint density at radius 3 is 3.11 bits per heavy atom. The molecule has 3 atom stereocenters. The maximum Gasteiger partial charge on any atom is 0.0459 e. The second-order valence-electron chi connectivity index (χ2n) is 6.24. The van der Waals surface area contributed by atoms with E-state index in [1.807, 2.05) is 0 Å². The van der Waals surface area contributed by atoms with E-state index in [2.05, 4.69) is 48.3 Å². The van der Waals surface area contributed by atoms with Crippen LogP contribution in [0.5, 0.6) is 0 Å². The molecule has 0 bridgehead atoms. The summed E-state index contributed by atoms with van der Waals surface area (Å²) < 4.78 is 0. The summed E-state index contributed by atoms with van der Waals surface area (Å²) >= 11 is 0. The predicted octanol–water partition coefficient (Wildman–Crippen LogP) is 3.15. The minimum absolute atomic E-state index is 0.704. The van der Waals surface area contributed by atoms with Gasteiger partial charge in [-0.25, -0.2) is 0 Å². The molecule has 0 spiro atoms. The molecule has 0 amide bonds. The fourth-order valence-corrected chi connectivity index (χ4v) is 4.21. The number of rotatable bonds is 0.